The molecule has 8 nitrogen and oxygen atoms in total. The van der Waals surface area contributed by atoms with Crippen molar-refractivity contribution in [2.45, 2.75) is 18.1 Å². The lowest BCUT2D eigenvalue weighted by molar-refractivity contribution is -0.118. The lowest BCUT2D eigenvalue weighted by Crippen LogP contribution is -2.26. The minimum absolute atomic E-state index is 0.0752. The number of imidazole rings is 1. The standard InChI is InChI=1S/C21H21N5O3S/c1-28-15-10-8-14(9-11-15)20-25-26-21(29-20)30-13-19(27)22-12-4-7-18-23-16-5-2-3-6-17(16)24-18/h2-3,5-6,8-11H,4,7,12-13H2,1H3,(H,22,27)(H,23,24). The molecule has 30 heavy (non-hydrogen) atoms. The van der Waals surface area contributed by atoms with Gasteiger partial charge in [0.25, 0.3) is 5.22 Å². The summed E-state index contributed by atoms with van der Waals surface area (Å²) in [6.07, 6.45) is 1.58. The summed E-state index contributed by atoms with van der Waals surface area (Å²) in [6, 6.07) is 15.3. The first-order chi connectivity index (χ1) is 14.7. The van der Waals surface area contributed by atoms with Gasteiger partial charge >= 0.3 is 0 Å². The van der Waals surface area contributed by atoms with Crippen LogP contribution in [0.4, 0.5) is 0 Å². The third kappa shape index (κ3) is 4.98. The molecule has 0 aliphatic rings. The van der Waals surface area contributed by atoms with E-state index in [1.54, 1.807) is 7.11 Å². The Bertz CT molecular complexity index is 1090. The number of thioether (sulfide) groups is 1. The normalized spacial score (nSPS) is 11.0. The van der Waals surface area contributed by atoms with E-state index in [-0.39, 0.29) is 11.7 Å². The molecule has 2 N–H and O–H groups in total. The monoisotopic (exact) mass is 423 g/mol. The first-order valence-corrected chi connectivity index (χ1v) is 10.5. The number of nitrogens with one attached hydrogen (secondary N) is 2. The predicted molar refractivity (Wildman–Crippen MR) is 114 cm³/mol. The molecule has 0 bridgehead atoms. The zero-order valence-electron chi connectivity index (χ0n) is 16.4. The van der Waals surface area contributed by atoms with Crippen molar-refractivity contribution in [2.75, 3.05) is 19.4 Å². The van der Waals surface area contributed by atoms with Crippen LogP contribution in [0.25, 0.3) is 22.5 Å². The molecule has 0 atom stereocenters. The summed E-state index contributed by atoms with van der Waals surface area (Å²) in [5.41, 5.74) is 2.79. The summed E-state index contributed by atoms with van der Waals surface area (Å²) in [7, 11) is 1.61. The van der Waals surface area contributed by atoms with E-state index in [0.29, 0.717) is 17.7 Å². The minimum atomic E-state index is -0.0752. The molecule has 4 aromatic rings. The van der Waals surface area contributed by atoms with Crippen LogP contribution in [0.5, 0.6) is 5.75 Å². The molecule has 154 valence electrons. The number of ether oxygens (including phenoxy) is 1. The van der Waals surface area contributed by atoms with E-state index in [0.717, 1.165) is 41.0 Å². The molecule has 2 heterocycles. The van der Waals surface area contributed by atoms with Crippen LogP contribution >= 0.6 is 11.8 Å². The second-order valence-electron chi connectivity index (χ2n) is 6.54. The number of aromatic amines is 1. The van der Waals surface area contributed by atoms with Gasteiger partial charge in [0.15, 0.2) is 0 Å². The lowest BCUT2D eigenvalue weighted by atomic mass is 10.2. The molecule has 0 unspecified atom stereocenters. The van der Waals surface area contributed by atoms with Gasteiger partial charge in [0.2, 0.25) is 11.8 Å². The third-order valence-electron chi connectivity index (χ3n) is 4.42. The molecule has 0 aliphatic heterocycles. The highest BCUT2D eigenvalue weighted by atomic mass is 32.2. The van der Waals surface area contributed by atoms with Crippen molar-refractivity contribution in [3.63, 3.8) is 0 Å². The number of para-hydroxylation sites is 2. The van der Waals surface area contributed by atoms with Gasteiger partial charge in [0, 0.05) is 18.5 Å². The van der Waals surface area contributed by atoms with Gasteiger partial charge in [-0.3, -0.25) is 4.79 Å². The number of fused-ring (bicyclic) bond motifs is 1. The number of H-pyrrole nitrogens is 1. The maximum atomic E-state index is 12.1. The van der Waals surface area contributed by atoms with Crippen molar-refractivity contribution < 1.29 is 13.9 Å². The topological polar surface area (TPSA) is 106 Å². The molecule has 0 saturated heterocycles. The molecule has 1 amide bonds. The fourth-order valence-corrected chi connectivity index (χ4v) is 3.50. The van der Waals surface area contributed by atoms with Crippen molar-refractivity contribution in [2.24, 2.45) is 0 Å². The van der Waals surface area contributed by atoms with E-state index >= 15 is 0 Å². The summed E-state index contributed by atoms with van der Waals surface area (Å²) in [6.45, 7) is 0.581. The van der Waals surface area contributed by atoms with Crippen LogP contribution in [0.15, 0.2) is 58.2 Å². The summed E-state index contributed by atoms with van der Waals surface area (Å²) in [4.78, 5) is 19.9. The first kappa shape index (κ1) is 20.0. The van der Waals surface area contributed by atoms with Crippen molar-refractivity contribution in [3.8, 4) is 17.2 Å². The SMILES string of the molecule is COc1ccc(-c2nnc(SCC(=O)NCCCc3nc4ccccc4[nH]3)o2)cc1. The molecule has 0 radical (unpaired) electrons. The number of hydrogen-bond acceptors (Lipinski definition) is 7. The number of carbonyl (C=O) groups is 1. The van der Waals surface area contributed by atoms with Gasteiger partial charge in [-0.15, -0.1) is 10.2 Å². The number of aryl methyl sites for hydroxylation is 1. The number of carbonyl (C=O) groups excluding carboxylic acids is 1. The Morgan fingerprint density at radius 3 is 2.80 bits per heavy atom. The van der Waals surface area contributed by atoms with Crippen LogP contribution in [0.3, 0.4) is 0 Å². The zero-order valence-corrected chi connectivity index (χ0v) is 17.2. The third-order valence-corrected chi connectivity index (χ3v) is 5.24. The molecule has 4 rings (SSSR count). The fourth-order valence-electron chi connectivity index (χ4n) is 2.90. The Kier molecular flexibility index (Phi) is 6.29. The summed E-state index contributed by atoms with van der Waals surface area (Å²) in [5, 5.41) is 11.3. The van der Waals surface area contributed by atoms with Gasteiger partial charge in [-0.05, 0) is 42.8 Å². The number of nitrogens with zero attached hydrogens (tertiary/aromatic N) is 3. The largest absolute Gasteiger partial charge is 0.497 e. The number of hydrogen-bond donors (Lipinski definition) is 2. The Labute approximate surface area is 177 Å². The average Bonchev–Trinajstić information content (AvgIpc) is 3.42. The molecule has 2 aromatic carbocycles. The number of aromatic nitrogens is 4. The molecule has 0 saturated carbocycles. The van der Waals surface area contributed by atoms with Gasteiger partial charge in [-0.1, -0.05) is 23.9 Å². The number of amides is 1. The van der Waals surface area contributed by atoms with E-state index in [4.69, 9.17) is 9.15 Å². The van der Waals surface area contributed by atoms with Crippen molar-refractivity contribution in [1.82, 2.24) is 25.5 Å². The van der Waals surface area contributed by atoms with Crippen LogP contribution in [-0.4, -0.2) is 45.5 Å². The van der Waals surface area contributed by atoms with E-state index in [9.17, 15) is 4.79 Å². The molecule has 0 aliphatic carbocycles. The van der Waals surface area contributed by atoms with Crippen LogP contribution in [0.1, 0.15) is 12.2 Å². The first-order valence-electron chi connectivity index (χ1n) is 9.52. The zero-order chi connectivity index (χ0) is 20.8. The van der Waals surface area contributed by atoms with Crippen LogP contribution in [0.2, 0.25) is 0 Å². The fraction of sp³-hybridized carbons (Fsp3) is 0.238. The molecule has 9 heteroatoms. The van der Waals surface area contributed by atoms with Gasteiger partial charge in [0.05, 0.1) is 23.9 Å². The van der Waals surface area contributed by atoms with Crippen molar-refractivity contribution in [1.29, 1.82) is 0 Å². The lowest BCUT2D eigenvalue weighted by Gasteiger charge is -2.03. The molecular weight excluding hydrogens is 402 g/mol. The number of benzene rings is 2. The van der Waals surface area contributed by atoms with Crippen LogP contribution in [-0.2, 0) is 11.2 Å². The Hall–Kier alpha value is -3.33. The highest BCUT2D eigenvalue weighted by molar-refractivity contribution is 7.99. The Morgan fingerprint density at radius 2 is 2.00 bits per heavy atom. The predicted octanol–water partition coefficient (Wildman–Crippen LogP) is 3.46. The second kappa shape index (κ2) is 9.45. The van der Waals surface area contributed by atoms with E-state index in [1.165, 1.54) is 11.8 Å². The average molecular weight is 423 g/mol. The highest BCUT2D eigenvalue weighted by Gasteiger charge is 2.11. The molecular formula is C21H21N5O3S. The smallest absolute Gasteiger partial charge is 0.277 e. The van der Waals surface area contributed by atoms with E-state index in [2.05, 4.69) is 25.5 Å². The maximum Gasteiger partial charge on any atom is 0.277 e. The van der Waals surface area contributed by atoms with E-state index in [1.807, 2.05) is 48.5 Å². The van der Waals surface area contributed by atoms with Gasteiger partial charge in [-0.25, -0.2) is 4.98 Å². The maximum absolute atomic E-state index is 12.1. The Morgan fingerprint density at radius 1 is 1.17 bits per heavy atom. The summed E-state index contributed by atoms with van der Waals surface area (Å²) < 4.78 is 10.7. The highest BCUT2D eigenvalue weighted by Crippen LogP contribution is 2.24. The molecule has 0 spiro atoms. The Balaban J connectivity index is 1.19. The van der Waals surface area contributed by atoms with Gasteiger partial charge in [-0.2, -0.15) is 0 Å². The van der Waals surface area contributed by atoms with Gasteiger partial charge < -0.3 is 19.5 Å². The second-order valence-corrected chi connectivity index (χ2v) is 7.47. The molecule has 0 fully saturated rings. The summed E-state index contributed by atoms with van der Waals surface area (Å²) in [5.74, 6) is 2.23. The quantitative estimate of drug-likeness (QED) is 0.314. The van der Waals surface area contributed by atoms with Crippen molar-refractivity contribution in [3.05, 3.63) is 54.4 Å². The number of rotatable bonds is 9. The number of methoxy groups -OCH3 is 1. The van der Waals surface area contributed by atoms with Crippen molar-refractivity contribution >= 4 is 28.7 Å². The molecule has 2 aromatic heterocycles. The van der Waals surface area contributed by atoms with Crippen LogP contribution in [0, 0.1) is 0 Å². The summed E-state index contributed by atoms with van der Waals surface area (Å²) >= 11 is 1.21. The van der Waals surface area contributed by atoms with Gasteiger partial charge in [0.1, 0.15) is 11.6 Å². The van der Waals surface area contributed by atoms with E-state index < -0.39 is 0 Å². The minimum Gasteiger partial charge on any atom is -0.497 e. The van der Waals surface area contributed by atoms with Crippen LogP contribution < -0.4 is 10.1 Å².